The number of hydrogen-bond acceptors (Lipinski definition) is 4. The fraction of sp³-hybridized carbons (Fsp3) is 0.208. The first-order valence-corrected chi connectivity index (χ1v) is 12.3. The highest BCUT2D eigenvalue weighted by Crippen LogP contribution is 2.21. The average Bonchev–Trinajstić information content (AvgIpc) is 2.83. The molecule has 0 aromatic heterocycles. The van der Waals surface area contributed by atoms with Gasteiger partial charge in [0.2, 0.25) is 10.0 Å². The Morgan fingerprint density at radius 2 is 1.61 bits per heavy atom. The average molecular weight is 488 g/mol. The van der Waals surface area contributed by atoms with Crippen molar-refractivity contribution >= 4 is 33.2 Å². The minimum Gasteiger partial charge on any atom is -0.322 e. The van der Waals surface area contributed by atoms with Crippen LogP contribution in [0.25, 0.3) is 0 Å². The minimum atomic E-state index is -3.47. The Balaban J connectivity index is 1.31. The number of anilines is 1. The summed E-state index contributed by atoms with van der Waals surface area (Å²) in [7, 11) is -3.47. The van der Waals surface area contributed by atoms with Gasteiger partial charge in [-0.1, -0.05) is 41.9 Å². The second-order valence-corrected chi connectivity index (χ2v) is 10.1. The van der Waals surface area contributed by atoms with Crippen molar-refractivity contribution in [2.24, 2.45) is 0 Å². The molecule has 1 aliphatic rings. The number of rotatable bonds is 6. The second kappa shape index (κ2) is 10.0. The summed E-state index contributed by atoms with van der Waals surface area (Å²) in [5.41, 5.74) is 1.91. The Bertz CT molecular complexity index is 1230. The van der Waals surface area contributed by atoms with Crippen molar-refractivity contribution in [2.45, 2.75) is 11.4 Å². The number of benzene rings is 3. The first-order valence-electron chi connectivity index (χ1n) is 10.5. The van der Waals surface area contributed by atoms with Crippen molar-refractivity contribution in [3.8, 4) is 0 Å². The number of piperazine rings is 1. The smallest absolute Gasteiger partial charge is 0.255 e. The fourth-order valence-corrected chi connectivity index (χ4v) is 5.29. The van der Waals surface area contributed by atoms with Crippen LogP contribution in [0.15, 0.2) is 77.7 Å². The monoisotopic (exact) mass is 487 g/mol. The zero-order valence-electron chi connectivity index (χ0n) is 17.7. The highest BCUT2D eigenvalue weighted by atomic mass is 35.5. The van der Waals surface area contributed by atoms with Crippen LogP contribution >= 0.6 is 11.6 Å². The summed E-state index contributed by atoms with van der Waals surface area (Å²) in [6.45, 7) is 2.77. The van der Waals surface area contributed by atoms with E-state index in [2.05, 4.69) is 10.2 Å². The van der Waals surface area contributed by atoms with E-state index in [4.69, 9.17) is 11.6 Å². The van der Waals surface area contributed by atoms with E-state index in [0.29, 0.717) is 48.9 Å². The van der Waals surface area contributed by atoms with Crippen molar-refractivity contribution in [1.82, 2.24) is 9.21 Å². The van der Waals surface area contributed by atoms with Gasteiger partial charge in [0.25, 0.3) is 5.91 Å². The molecule has 33 heavy (non-hydrogen) atoms. The molecule has 172 valence electrons. The molecule has 0 atom stereocenters. The number of nitrogens with zero attached hydrogens (tertiary/aromatic N) is 2. The first-order chi connectivity index (χ1) is 15.8. The summed E-state index contributed by atoms with van der Waals surface area (Å²) in [5.74, 6) is -0.860. The normalized spacial score (nSPS) is 15.3. The summed E-state index contributed by atoms with van der Waals surface area (Å²) in [6, 6.07) is 19.7. The predicted octanol–water partition coefficient (Wildman–Crippen LogP) is 4.24. The van der Waals surface area contributed by atoms with Gasteiger partial charge in [-0.25, -0.2) is 12.8 Å². The van der Waals surface area contributed by atoms with Gasteiger partial charge in [0.15, 0.2) is 0 Å². The SMILES string of the molecule is O=C(Nc1ccc(F)c(Cl)c1)c1ccc(CN2CCN(S(=O)(=O)c3ccccc3)CC2)cc1. The summed E-state index contributed by atoms with van der Waals surface area (Å²) in [6.07, 6.45) is 0. The van der Waals surface area contributed by atoms with E-state index in [1.165, 1.54) is 22.5 Å². The quantitative estimate of drug-likeness (QED) is 0.564. The third kappa shape index (κ3) is 5.59. The third-order valence-corrected chi connectivity index (χ3v) is 7.71. The van der Waals surface area contributed by atoms with Gasteiger partial charge in [0.05, 0.1) is 9.92 Å². The minimum absolute atomic E-state index is 0.0557. The molecular formula is C24H23ClFN3O3S. The maximum Gasteiger partial charge on any atom is 0.255 e. The Hall–Kier alpha value is -2.78. The van der Waals surface area contributed by atoms with Crippen molar-refractivity contribution in [1.29, 1.82) is 0 Å². The molecule has 1 saturated heterocycles. The topological polar surface area (TPSA) is 69.7 Å². The van der Waals surface area contributed by atoms with Crippen molar-refractivity contribution < 1.29 is 17.6 Å². The standard InChI is InChI=1S/C24H23ClFN3O3S/c25-22-16-20(10-11-23(22)26)27-24(30)19-8-6-18(7-9-19)17-28-12-14-29(15-13-28)33(31,32)21-4-2-1-3-5-21/h1-11,16H,12-15,17H2,(H,27,30). The lowest BCUT2D eigenvalue weighted by Gasteiger charge is -2.34. The van der Waals surface area contributed by atoms with E-state index in [-0.39, 0.29) is 10.9 Å². The highest BCUT2D eigenvalue weighted by molar-refractivity contribution is 7.89. The molecule has 6 nitrogen and oxygen atoms in total. The maximum atomic E-state index is 13.3. The van der Waals surface area contributed by atoms with E-state index in [0.717, 1.165) is 5.56 Å². The summed E-state index contributed by atoms with van der Waals surface area (Å²) >= 11 is 5.75. The van der Waals surface area contributed by atoms with Crippen LogP contribution in [0.1, 0.15) is 15.9 Å². The van der Waals surface area contributed by atoms with E-state index >= 15 is 0 Å². The van der Waals surface area contributed by atoms with Crippen LogP contribution in [0.3, 0.4) is 0 Å². The Morgan fingerprint density at radius 1 is 0.939 bits per heavy atom. The number of sulfonamides is 1. The van der Waals surface area contributed by atoms with Gasteiger partial charge in [0.1, 0.15) is 5.82 Å². The molecule has 1 fully saturated rings. The van der Waals surface area contributed by atoms with Gasteiger partial charge < -0.3 is 5.32 Å². The molecule has 0 unspecified atom stereocenters. The van der Waals surface area contributed by atoms with Crippen LogP contribution in [-0.4, -0.2) is 49.7 Å². The molecule has 9 heteroatoms. The Kier molecular flexibility index (Phi) is 7.09. The Morgan fingerprint density at radius 3 is 2.24 bits per heavy atom. The molecule has 1 heterocycles. The highest BCUT2D eigenvalue weighted by Gasteiger charge is 2.28. The molecule has 0 aliphatic carbocycles. The largest absolute Gasteiger partial charge is 0.322 e. The van der Waals surface area contributed by atoms with Gasteiger partial charge in [-0.15, -0.1) is 0 Å². The van der Waals surface area contributed by atoms with Crippen LogP contribution in [0.5, 0.6) is 0 Å². The lowest BCUT2D eigenvalue weighted by atomic mass is 10.1. The van der Waals surface area contributed by atoms with E-state index in [1.54, 1.807) is 42.5 Å². The van der Waals surface area contributed by atoms with Crippen LogP contribution < -0.4 is 5.32 Å². The van der Waals surface area contributed by atoms with Crippen molar-refractivity contribution in [3.05, 3.63) is 94.8 Å². The van der Waals surface area contributed by atoms with Crippen LogP contribution in [0.4, 0.5) is 10.1 Å². The van der Waals surface area contributed by atoms with Gasteiger partial charge in [-0.3, -0.25) is 9.69 Å². The van der Waals surface area contributed by atoms with Crippen LogP contribution in [0, 0.1) is 5.82 Å². The zero-order chi connectivity index (χ0) is 23.4. The van der Waals surface area contributed by atoms with Gasteiger partial charge in [-0.05, 0) is 48.0 Å². The van der Waals surface area contributed by atoms with E-state index in [9.17, 15) is 17.6 Å². The molecule has 0 bridgehead atoms. The molecule has 1 aliphatic heterocycles. The van der Waals surface area contributed by atoms with E-state index < -0.39 is 15.8 Å². The van der Waals surface area contributed by atoms with Gasteiger partial charge in [-0.2, -0.15) is 4.31 Å². The van der Waals surface area contributed by atoms with Crippen molar-refractivity contribution in [3.63, 3.8) is 0 Å². The Labute approximate surface area is 197 Å². The molecule has 1 amide bonds. The molecule has 0 spiro atoms. The molecule has 3 aromatic rings. The number of carbonyl (C=O) groups is 1. The third-order valence-electron chi connectivity index (χ3n) is 5.51. The molecule has 0 saturated carbocycles. The first kappa shape index (κ1) is 23.4. The maximum absolute atomic E-state index is 13.3. The summed E-state index contributed by atoms with van der Waals surface area (Å²) in [4.78, 5) is 14.9. The van der Waals surface area contributed by atoms with Gasteiger partial charge in [0, 0.05) is 44.0 Å². The lowest BCUT2D eigenvalue weighted by molar-refractivity contribution is 0.102. The molecule has 1 N–H and O–H groups in total. The zero-order valence-corrected chi connectivity index (χ0v) is 19.3. The predicted molar refractivity (Wildman–Crippen MR) is 126 cm³/mol. The number of carbonyl (C=O) groups excluding carboxylic acids is 1. The molecule has 3 aromatic carbocycles. The van der Waals surface area contributed by atoms with Crippen molar-refractivity contribution in [2.75, 3.05) is 31.5 Å². The van der Waals surface area contributed by atoms with Crippen LogP contribution in [-0.2, 0) is 16.6 Å². The van der Waals surface area contributed by atoms with Gasteiger partial charge >= 0.3 is 0 Å². The molecule has 4 rings (SSSR count). The summed E-state index contributed by atoms with van der Waals surface area (Å²) < 4.78 is 40.3. The van der Waals surface area contributed by atoms with E-state index in [1.807, 2.05) is 12.1 Å². The molecule has 0 radical (unpaired) electrons. The second-order valence-electron chi connectivity index (χ2n) is 7.77. The number of nitrogens with one attached hydrogen (secondary N) is 1. The summed E-state index contributed by atoms with van der Waals surface area (Å²) in [5, 5.41) is 2.64. The molecular weight excluding hydrogens is 465 g/mol. The number of halogens is 2. The van der Waals surface area contributed by atoms with Crippen LogP contribution in [0.2, 0.25) is 5.02 Å². The number of amides is 1. The fourth-order valence-electron chi connectivity index (χ4n) is 3.67. The number of hydrogen-bond donors (Lipinski definition) is 1. The lowest BCUT2D eigenvalue weighted by Crippen LogP contribution is -2.48.